The number of nitro groups is 1. The average molecular weight is 352 g/mol. The number of rotatable bonds is 4. The van der Waals surface area contributed by atoms with Gasteiger partial charge in [-0.05, 0) is 36.8 Å². The molecular formula is C15H11Cl2N3O3. The lowest BCUT2D eigenvalue weighted by molar-refractivity contribution is -0.384. The molecule has 6 nitrogen and oxygen atoms in total. The minimum Gasteiger partial charge on any atom is -0.267 e. The predicted octanol–water partition coefficient (Wildman–Crippen LogP) is 4.06. The van der Waals surface area contributed by atoms with Gasteiger partial charge in [-0.3, -0.25) is 14.9 Å². The van der Waals surface area contributed by atoms with Gasteiger partial charge in [0.2, 0.25) is 0 Å². The molecule has 0 unspecified atom stereocenters. The van der Waals surface area contributed by atoms with Crippen LogP contribution >= 0.6 is 23.2 Å². The van der Waals surface area contributed by atoms with E-state index in [-0.39, 0.29) is 16.3 Å². The Morgan fingerprint density at radius 2 is 1.74 bits per heavy atom. The van der Waals surface area contributed by atoms with E-state index in [2.05, 4.69) is 10.5 Å². The number of hydrazone groups is 1. The third-order valence-electron chi connectivity index (χ3n) is 2.99. The lowest BCUT2D eigenvalue weighted by atomic mass is 10.1. The highest BCUT2D eigenvalue weighted by Gasteiger charge is 2.16. The van der Waals surface area contributed by atoms with Gasteiger partial charge in [-0.1, -0.05) is 35.3 Å². The third-order valence-corrected chi connectivity index (χ3v) is 3.56. The van der Waals surface area contributed by atoms with Gasteiger partial charge in [0.25, 0.3) is 11.6 Å². The van der Waals surface area contributed by atoms with Crippen molar-refractivity contribution in [1.29, 1.82) is 0 Å². The Hall–Kier alpha value is -2.44. The fourth-order valence-electron chi connectivity index (χ4n) is 1.75. The summed E-state index contributed by atoms with van der Waals surface area (Å²) in [7, 11) is 0. The maximum absolute atomic E-state index is 12.0. The molecule has 23 heavy (non-hydrogen) atoms. The van der Waals surface area contributed by atoms with Crippen LogP contribution in [0.25, 0.3) is 0 Å². The first-order valence-electron chi connectivity index (χ1n) is 6.43. The summed E-state index contributed by atoms with van der Waals surface area (Å²) in [4.78, 5) is 22.2. The topological polar surface area (TPSA) is 84.6 Å². The summed E-state index contributed by atoms with van der Waals surface area (Å²) in [6.45, 7) is 1.72. The van der Waals surface area contributed by atoms with Crippen LogP contribution in [0.1, 0.15) is 22.8 Å². The lowest BCUT2D eigenvalue weighted by Crippen LogP contribution is -2.19. The Morgan fingerprint density at radius 3 is 2.35 bits per heavy atom. The van der Waals surface area contributed by atoms with Crippen molar-refractivity contribution in [2.75, 3.05) is 0 Å². The maximum Gasteiger partial charge on any atom is 0.288 e. The van der Waals surface area contributed by atoms with E-state index in [1.807, 2.05) is 0 Å². The van der Waals surface area contributed by atoms with Gasteiger partial charge in [0.1, 0.15) is 5.02 Å². The Bertz CT molecular complexity index is 789. The van der Waals surface area contributed by atoms with Crippen molar-refractivity contribution in [1.82, 2.24) is 5.43 Å². The second kappa shape index (κ2) is 7.21. The van der Waals surface area contributed by atoms with Crippen molar-refractivity contribution < 1.29 is 9.72 Å². The van der Waals surface area contributed by atoms with Crippen molar-refractivity contribution in [2.24, 2.45) is 5.10 Å². The molecule has 0 bridgehead atoms. The summed E-state index contributed by atoms with van der Waals surface area (Å²) in [6, 6.07) is 10.7. The molecule has 0 atom stereocenters. The van der Waals surface area contributed by atoms with Crippen molar-refractivity contribution in [3.8, 4) is 0 Å². The van der Waals surface area contributed by atoms with Crippen molar-refractivity contribution in [3.63, 3.8) is 0 Å². The fraction of sp³-hybridized carbons (Fsp3) is 0.0667. The Labute approximate surface area is 141 Å². The van der Waals surface area contributed by atoms with Crippen molar-refractivity contribution in [2.45, 2.75) is 6.92 Å². The number of nitrogens with zero attached hydrogens (tertiary/aromatic N) is 2. The zero-order valence-corrected chi connectivity index (χ0v) is 13.4. The molecule has 0 aromatic heterocycles. The van der Waals surface area contributed by atoms with E-state index >= 15 is 0 Å². The molecule has 118 valence electrons. The molecular weight excluding hydrogens is 341 g/mol. The summed E-state index contributed by atoms with van der Waals surface area (Å²) in [5.41, 5.74) is 3.46. The highest BCUT2D eigenvalue weighted by Crippen LogP contribution is 2.25. The van der Waals surface area contributed by atoms with Gasteiger partial charge in [-0.15, -0.1) is 0 Å². The first-order valence-corrected chi connectivity index (χ1v) is 7.18. The smallest absolute Gasteiger partial charge is 0.267 e. The van der Waals surface area contributed by atoms with Crippen LogP contribution in [0.4, 0.5) is 5.69 Å². The summed E-state index contributed by atoms with van der Waals surface area (Å²) in [5, 5.41) is 15.4. The van der Waals surface area contributed by atoms with Crippen LogP contribution in [0.15, 0.2) is 47.6 Å². The van der Waals surface area contributed by atoms with E-state index in [1.54, 1.807) is 31.2 Å². The highest BCUT2D eigenvalue weighted by atomic mass is 35.5. The number of carbonyl (C=O) groups excluding carboxylic acids is 1. The Kier molecular flexibility index (Phi) is 5.31. The molecule has 0 saturated heterocycles. The quantitative estimate of drug-likeness (QED) is 0.512. The number of nitrogens with one attached hydrogen (secondary N) is 1. The molecule has 2 aromatic carbocycles. The molecule has 0 radical (unpaired) electrons. The normalized spacial score (nSPS) is 11.2. The zero-order valence-electron chi connectivity index (χ0n) is 11.9. The second-order valence-electron chi connectivity index (χ2n) is 4.57. The number of benzene rings is 2. The van der Waals surface area contributed by atoms with E-state index < -0.39 is 10.8 Å². The summed E-state index contributed by atoms with van der Waals surface area (Å²) in [6.07, 6.45) is 0. The molecule has 0 aliphatic carbocycles. The molecule has 0 saturated carbocycles. The van der Waals surface area contributed by atoms with E-state index in [9.17, 15) is 14.9 Å². The van der Waals surface area contributed by atoms with Gasteiger partial charge in [-0.25, -0.2) is 5.43 Å². The van der Waals surface area contributed by atoms with Crippen LogP contribution in [0.5, 0.6) is 0 Å². The summed E-state index contributed by atoms with van der Waals surface area (Å²) >= 11 is 11.5. The molecule has 0 heterocycles. The van der Waals surface area contributed by atoms with Gasteiger partial charge < -0.3 is 0 Å². The molecule has 0 aliphatic rings. The zero-order chi connectivity index (χ0) is 17.0. The molecule has 0 aliphatic heterocycles. The minimum atomic E-state index is -0.651. The molecule has 1 amide bonds. The monoisotopic (exact) mass is 351 g/mol. The predicted molar refractivity (Wildman–Crippen MR) is 89.2 cm³/mol. The highest BCUT2D eigenvalue weighted by molar-refractivity contribution is 6.32. The minimum absolute atomic E-state index is 0.0348. The second-order valence-corrected chi connectivity index (χ2v) is 5.41. The van der Waals surface area contributed by atoms with Gasteiger partial charge in [0, 0.05) is 16.7 Å². The largest absolute Gasteiger partial charge is 0.288 e. The van der Waals surface area contributed by atoms with Gasteiger partial charge in [0.05, 0.1) is 10.6 Å². The number of hydrogen-bond donors (Lipinski definition) is 1. The van der Waals surface area contributed by atoms with Crippen LogP contribution in [-0.4, -0.2) is 16.5 Å². The van der Waals surface area contributed by atoms with E-state index in [4.69, 9.17) is 23.2 Å². The van der Waals surface area contributed by atoms with Gasteiger partial charge in [0.15, 0.2) is 0 Å². The van der Waals surface area contributed by atoms with Crippen LogP contribution in [0.2, 0.25) is 10.0 Å². The first-order chi connectivity index (χ1) is 10.9. The Balaban J connectivity index is 2.16. The van der Waals surface area contributed by atoms with Gasteiger partial charge >= 0.3 is 0 Å². The van der Waals surface area contributed by atoms with E-state index in [1.165, 1.54) is 12.1 Å². The lowest BCUT2D eigenvalue weighted by Gasteiger charge is -2.04. The molecule has 0 fully saturated rings. The third kappa shape index (κ3) is 4.28. The first kappa shape index (κ1) is 16.9. The number of amides is 1. The van der Waals surface area contributed by atoms with Gasteiger partial charge in [-0.2, -0.15) is 5.10 Å². The number of carbonyl (C=O) groups is 1. The number of halogens is 2. The van der Waals surface area contributed by atoms with Crippen molar-refractivity contribution in [3.05, 3.63) is 73.8 Å². The number of nitro benzene ring substituents is 1. The molecule has 1 N–H and O–H groups in total. The van der Waals surface area contributed by atoms with Crippen LogP contribution in [-0.2, 0) is 0 Å². The SMILES string of the molecule is C/C(=N\NC(=O)c1ccc(Cl)c([N+](=O)[O-])c1)c1ccc(Cl)cc1. The maximum atomic E-state index is 12.0. The molecule has 0 spiro atoms. The Morgan fingerprint density at radius 1 is 1.13 bits per heavy atom. The van der Waals surface area contributed by atoms with Crippen molar-refractivity contribution >= 4 is 40.5 Å². The fourth-order valence-corrected chi connectivity index (χ4v) is 2.06. The number of hydrogen-bond acceptors (Lipinski definition) is 4. The molecule has 2 aromatic rings. The van der Waals surface area contributed by atoms with Crippen LogP contribution < -0.4 is 5.43 Å². The molecule has 2 rings (SSSR count). The standard InChI is InChI=1S/C15H11Cl2N3O3/c1-9(10-2-5-12(16)6-3-10)18-19-15(21)11-4-7-13(17)14(8-11)20(22)23/h2-8H,1H3,(H,19,21)/b18-9+. The summed E-state index contributed by atoms with van der Waals surface area (Å²) < 4.78 is 0. The van der Waals surface area contributed by atoms with E-state index in [0.29, 0.717) is 10.7 Å². The average Bonchev–Trinajstić information content (AvgIpc) is 2.53. The van der Waals surface area contributed by atoms with E-state index in [0.717, 1.165) is 11.6 Å². The summed E-state index contributed by atoms with van der Waals surface area (Å²) in [5.74, 6) is -0.571. The van der Waals surface area contributed by atoms with Crippen LogP contribution in [0.3, 0.4) is 0 Å². The molecule has 8 heteroatoms. The van der Waals surface area contributed by atoms with Crippen LogP contribution in [0, 0.1) is 10.1 Å².